The molecule has 0 bridgehead atoms. The zero-order valence-electron chi connectivity index (χ0n) is 22.5. The van der Waals surface area contributed by atoms with Gasteiger partial charge in [-0.25, -0.2) is 4.68 Å². The summed E-state index contributed by atoms with van der Waals surface area (Å²) in [5.41, 5.74) is 5.01. The highest BCUT2D eigenvalue weighted by Crippen LogP contribution is 2.32. The molecule has 2 saturated heterocycles. The maximum absolute atomic E-state index is 13.9. The third-order valence-electron chi connectivity index (χ3n) is 8.23. The molecule has 0 aliphatic carbocycles. The second kappa shape index (κ2) is 11.4. The molecule has 4 atom stereocenters. The van der Waals surface area contributed by atoms with E-state index < -0.39 is 6.04 Å². The Morgan fingerprint density at radius 2 is 1.88 bits per heavy atom. The lowest BCUT2D eigenvalue weighted by Gasteiger charge is -2.27. The Morgan fingerprint density at radius 3 is 2.70 bits per heavy atom. The molecule has 2 aliphatic heterocycles. The molecule has 2 aliphatic rings. The molecule has 1 aromatic heterocycles. The van der Waals surface area contributed by atoms with E-state index in [0.29, 0.717) is 24.5 Å². The minimum Gasteiger partial charge on any atom is -0.350 e. The third-order valence-corrected chi connectivity index (χ3v) is 8.46. The lowest BCUT2D eigenvalue weighted by atomic mass is 9.96. The summed E-state index contributed by atoms with van der Waals surface area (Å²) in [5.74, 6) is 0.329. The van der Waals surface area contributed by atoms with Crippen LogP contribution in [-0.4, -0.2) is 56.9 Å². The fourth-order valence-electron chi connectivity index (χ4n) is 6.17. The number of aryl methyl sites for hydroxylation is 1. The van der Waals surface area contributed by atoms with Crippen LogP contribution in [0.2, 0.25) is 5.02 Å². The van der Waals surface area contributed by atoms with Crippen LogP contribution in [0.25, 0.3) is 11.0 Å². The molecule has 0 saturated carbocycles. The number of hydrogen-bond acceptors (Lipinski definition) is 5. The van der Waals surface area contributed by atoms with Crippen molar-refractivity contribution in [1.29, 1.82) is 0 Å². The van der Waals surface area contributed by atoms with Gasteiger partial charge in [-0.1, -0.05) is 65.3 Å². The van der Waals surface area contributed by atoms with Crippen LogP contribution in [0.4, 0.5) is 0 Å². The van der Waals surface area contributed by atoms with Gasteiger partial charge in [-0.2, -0.15) is 0 Å². The van der Waals surface area contributed by atoms with Crippen molar-refractivity contribution < 1.29 is 9.59 Å². The van der Waals surface area contributed by atoms with E-state index in [0.717, 1.165) is 41.5 Å². The van der Waals surface area contributed by atoms with Crippen LogP contribution in [0, 0.1) is 5.92 Å². The summed E-state index contributed by atoms with van der Waals surface area (Å²) in [7, 11) is 1.85. The highest BCUT2D eigenvalue weighted by atomic mass is 35.5. The van der Waals surface area contributed by atoms with Gasteiger partial charge in [-0.05, 0) is 72.1 Å². The number of amides is 2. The Kier molecular flexibility index (Phi) is 7.54. The van der Waals surface area contributed by atoms with Gasteiger partial charge in [0.05, 0.1) is 11.6 Å². The first-order valence-electron chi connectivity index (χ1n) is 13.8. The number of nitrogens with zero attached hydrogens (tertiary/aromatic N) is 4. The van der Waals surface area contributed by atoms with Crippen LogP contribution in [0.1, 0.15) is 35.4 Å². The Labute approximate surface area is 238 Å². The predicted molar refractivity (Wildman–Crippen MR) is 155 cm³/mol. The normalized spacial score (nSPS) is 22.6. The molecule has 0 radical (unpaired) electrons. The van der Waals surface area contributed by atoms with Crippen molar-refractivity contribution in [2.75, 3.05) is 13.1 Å². The molecule has 9 heteroatoms. The van der Waals surface area contributed by atoms with Gasteiger partial charge in [-0.3, -0.25) is 9.59 Å². The van der Waals surface area contributed by atoms with Crippen molar-refractivity contribution in [3.8, 4) is 0 Å². The average molecular weight is 557 g/mol. The van der Waals surface area contributed by atoms with Crippen molar-refractivity contribution >= 4 is 34.4 Å². The number of nitrogens with one attached hydrogen (secondary N) is 2. The molecule has 2 amide bonds. The Bertz CT molecular complexity index is 1520. The smallest absolute Gasteiger partial charge is 0.243 e. The molecule has 2 fully saturated rings. The van der Waals surface area contributed by atoms with E-state index in [4.69, 9.17) is 11.6 Å². The van der Waals surface area contributed by atoms with E-state index in [2.05, 4.69) is 39.1 Å². The number of carbonyl (C=O) groups is 2. The molecule has 3 aromatic carbocycles. The van der Waals surface area contributed by atoms with E-state index in [-0.39, 0.29) is 29.7 Å². The first kappa shape index (κ1) is 26.5. The molecule has 0 spiro atoms. The van der Waals surface area contributed by atoms with E-state index in [1.54, 1.807) is 9.58 Å². The fraction of sp³-hybridized carbons (Fsp3) is 0.355. The van der Waals surface area contributed by atoms with Crippen LogP contribution in [-0.2, 0) is 29.6 Å². The SMILES string of the molecule is Cn1nnc2cc(CNC(=O)C3CC(Cc4cccc(Cl)c4)CN3C(=O)C3CC(c4ccccc4)CN3)ccc21. The van der Waals surface area contributed by atoms with Gasteiger partial charge >= 0.3 is 0 Å². The summed E-state index contributed by atoms with van der Waals surface area (Å²) in [5, 5.41) is 15.4. The van der Waals surface area contributed by atoms with E-state index in [1.807, 2.05) is 61.6 Å². The highest BCUT2D eigenvalue weighted by Gasteiger charge is 2.43. The second-order valence-electron chi connectivity index (χ2n) is 11.0. The molecular formula is C31H33ClN6O2. The lowest BCUT2D eigenvalue weighted by Crippen LogP contribution is -2.51. The largest absolute Gasteiger partial charge is 0.350 e. The number of fused-ring (bicyclic) bond motifs is 1. The molecule has 2 N–H and O–H groups in total. The minimum absolute atomic E-state index is 0.00755. The number of carbonyl (C=O) groups excluding carboxylic acids is 2. The topological polar surface area (TPSA) is 92.2 Å². The van der Waals surface area contributed by atoms with Gasteiger partial charge < -0.3 is 15.5 Å². The van der Waals surface area contributed by atoms with Crippen LogP contribution < -0.4 is 10.6 Å². The van der Waals surface area contributed by atoms with Crippen LogP contribution in [0.15, 0.2) is 72.8 Å². The standard InChI is InChI=1S/C31H33ClN6O2/c1-37-28-11-10-21(14-26(28)35-36-37)17-34-30(39)29-15-22(12-20-6-5-9-25(32)13-20)19-38(29)31(40)27-16-24(18-33-27)23-7-3-2-4-8-23/h2-11,13-14,22,24,27,29,33H,12,15-19H2,1H3,(H,34,39). The Morgan fingerprint density at radius 1 is 1.02 bits per heavy atom. The number of benzene rings is 3. The first-order valence-corrected chi connectivity index (χ1v) is 14.2. The Hall–Kier alpha value is -3.75. The maximum atomic E-state index is 13.9. The fourth-order valence-corrected chi connectivity index (χ4v) is 6.38. The molecule has 4 aromatic rings. The predicted octanol–water partition coefficient (Wildman–Crippen LogP) is 3.84. The van der Waals surface area contributed by atoms with Crippen LogP contribution in [0.3, 0.4) is 0 Å². The maximum Gasteiger partial charge on any atom is 0.243 e. The first-order chi connectivity index (χ1) is 19.4. The van der Waals surface area contributed by atoms with Gasteiger partial charge in [0.15, 0.2) is 0 Å². The number of likely N-dealkylation sites (tertiary alicyclic amines) is 1. The van der Waals surface area contributed by atoms with Gasteiger partial charge in [0, 0.05) is 31.7 Å². The average Bonchev–Trinajstić information content (AvgIpc) is 3.71. The van der Waals surface area contributed by atoms with Crippen molar-refractivity contribution in [1.82, 2.24) is 30.5 Å². The van der Waals surface area contributed by atoms with Crippen LogP contribution in [0.5, 0.6) is 0 Å². The van der Waals surface area contributed by atoms with Gasteiger partial charge in [-0.15, -0.1) is 5.10 Å². The number of halogens is 1. The second-order valence-corrected chi connectivity index (χ2v) is 11.4. The van der Waals surface area contributed by atoms with Gasteiger partial charge in [0.2, 0.25) is 11.8 Å². The van der Waals surface area contributed by atoms with Gasteiger partial charge in [0.25, 0.3) is 0 Å². The zero-order chi connectivity index (χ0) is 27.6. The lowest BCUT2D eigenvalue weighted by molar-refractivity contribution is -0.139. The summed E-state index contributed by atoms with van der Waals surface area (Å²) < 4.78 is 1.72. The number of aromatic nitrogens is 3. The summed E-state index contributed by atoms with van der Waals surface area (Å²) in [6.45, 7) is 1.66. The minimum atomic E-state index is -0.519. The molecule has 6 rings (SSSR count). The highest BCUT2D eigenvalue weighted by molar-refractivity contribution is 6.30. The number of rotatable bonds is 7. The molecule has 8 nitrogen and oxygen atoms in total. The van der Waals surface area contributed by atoms with E-state index in [1.165, 1.54) is 5.56 Å². The summed E-state index contributed by atoms with van der Waals surface area (Å²) >= 11 is 6.23. The van der Waals surface area contributed by atoms with Crippen molar-refractivity contribution in [2.45, 2.75) is 43.8 Å². The van der Waals surface area contributed by atoms with E-state index >= 15 is 0 Å². The molecular weight excluding hydrogens is 524 g/mol. The summed E-state index contributed by atoms with van der Waals surface area (Å²) in [6.07, 6.45) is 2.11. The monoisotopic (exact) mass is 556 g/mol. The third kappa shape index (κ3) is 5.60. The van der Waals surface area contributed by atoms with Crippen molar-refractivity contribution in [2.24, 2.45) is 13.0 Å². The quantitative estimate of drug-likeness (QED) is 0.361. The zero-order valence-corrected chi connectivity index (χ0v) is 23.2. The van der Waals surface area contributed by atoms with Gasteiger partial charge in [0.1, 0.15) is 11.6 Å². The summed E-state index contributed by atoms with van der Waals surface area (Å²) in [4.78, 5) is 29.2. The molecule has 4 unspecified atom stereocenters. The molecule has 206 valence electrons. The van der Waals surface area contributed by atoms with Crippen molar-refractivity contribution in [3.05, 3.63) is 94.5 Å². The number of hydrogen-bond donors (Lipinski definition) is 2. The molecule has 3 heterocycles. The summed E-state index contributed by atoms with van der Waals surface area (Å²) in [6, 6.07) is 23.2. The van der Waals surface area contributed by atoms with Crippen LogP contribution >= 0.6 is 11.6 Å². The molecule has 40 heavy (non-hydrogen) atoms. The Balaban J connectivity index is 1.16. The van der Waals surface area contributed by atoms with Crippen molar-refractivity contribution in [3.63, 3.8) is 0 Å². The van der Waals surface area contributed by atoms with E-state index in [9.17, 15) is 9.59 Å².